The van der Waals surface area contributed by atoms with Gasteiger partial charge in [0.15, 0.2) is 0 Å². The second kappa shape index (κ2) is 8.24. The van der Waals surface area contributed by atoms with Crippen molar-refractivity contribution in [2.45, 2.75) is 61.9 Å². The molecule has 2 fully saturated rings. The third-order valence-electron chi connectivity index (χ3n) is 6.26. The van der Waals surface area contributed by atoms with Crippen LogP contribution in [0.2, 0.25) is 0 Å². The van der Waals surface area contributed by atoms with Crippen LogP contribution in [0.5, 0.6) is 0 Å². The second-order valence-corrected chi connectivity index (χ2v) is 11.0. The van der Waals surface area contributed by atoms with Crippen LogP contribution in [0.3, 0.4) is 0 Å². The van der Waals surface area contributed by atoms with Crippen molar-refractivity contribution in [1.29, 1.82) is 0 Å². The lowest BCUT2D eigenvalue weighted by molar-refractivity contribution is 0.255. The molecule has 0 N–H and O–H groups in total. The molecule has 1 saturated heterocycles. The van der Waals surface area contributed by atoms with Gasteiger partial charge in [0.2, 0.25) is 10.0 Å². The molecular weight excluding hydrogens is 416 g/mol. The predicted molar refractivity (Wildman–Crippen MR) is 118 cm³/mol. The van der Waals surface area contributed by atoms with Crippen molar-refractivity contribution in [3.8, 4) is 10.6 Å². The molecule has 0 bridgehead atoms. The van der Waals surface area contributed by atoms with E-state index in [0.717, 1.165) is 42.5 Å². The number of nitrogens with zero attached hydrogens (tertiary/aromatic N) is 4. The summed E-state index contributed by atoms with van der Waals surface area (Å²) in [6.07, 6.45) is 12.5. The number of aromatic nitrogens is 3. The highest BCUT2D eigenvalue weighted by Crippen LogP contribution is 2.40. The van der Waals surface area contributed by atoms with E-state index in [1.165, 1.54) is 24.2 Å². The lowest BCUT2D eigenvalue weighted by Gasteiger charge is -2.34. The van der Waals surface area contributed by atoms with Crippen LogP contribution >= 0.6 is 11.3 Å². The highest BCUT2D eigenvalue weighted by molar-refractivity contribution is 7.89. The zero-order valence-electron chi connectivity index (χ0n) is 16.9. The van der Waals surface area contributed by atoms with E-state index in [-0.39, 0.29) is 6.04 Å². The maximum Gasteiger partial charge on any atom is 0.247 e. The highest BCUT2D eigenvalue weighted by atomic mass is 32.2. The summed E-state index contributed by atoms with van der Waals surface area (Å²) in [7, 11) is -3.70. The van der Waals surface area contributed by atoms with Gasteiger partial charge in [0.05, 0.1) is 17.0 Å². The van der Waals surface area contributed by atoms with Crippen molar-refractivity contribution in [1.82, 2.24) is 19.1 Å². The Morgan fingerprint density at radius 1 is 1.03 bits per heavy atom. The third-order valence-corrected chi connectivity index (χ3v) is 9.05. The largest absolute Gasteiger partial charge is 0.268 e. The zero-order chi connectivity index (χ0) is 20.6. The van der Waals surface area contributed by atoms with Crippen LogP contribution in [0, 0.1) is 0 Å². The average molecular weight is 443 g/mol. The van der Waals surface area contributed by atoms with Gasteiger partial charge in [0.25, 0.3) is 0 Å². The number of piperidine rings is 1. The minimum absolute atomic E-state index is 0.177. The molecule has 5 rings (SSSR count). The lowest BCUT2D eigenvalue weighted by Crippen LogP contribution is -2.38. The van der Waals surface area contributed by atoms with Crippen molar-refractivity contribution >= 4 is 21.4 Å². The first-order valence-electron chi connectivity index (χ1n) is 10.7. The number of hydrogen-bond acceptors (Lipinski definition) is 5. The van der Waals surface area contributed by atoms with Gasteiger partial charge in [-0.05, 0) is 48.8 Å². The molecule has 1 aliphatic carbocycles. The first-order valence-corrected chi connectivity index (χ1v) is 13.0. The molecule has 0 aromatic carbocycles. The summed E-state index contributed by atoms with van der Waals surface area (Å²) < 4.78 is 31.5. The quantitative estimate of drug-likeness (QED) is 0.555. The fraction of sp³-hybridized carbons (Fsp3) is 0.455. The van der Waals surface area contributed by atoms with Gasteiger partial charge in [0, 0.05) is 25.1 Å². The van der Waals surface area contributed by atoms with Crippen molar-refractivity contribution in [3.63, 3.8) is 0 Å². The van der Waals surface area contributed by atoms with Gasteiger partial charge in [-0.3, -0.25) is 9.67 Å². The smallest absolute Gasteiger partial charge is 0.247 e. The predicted octanol–water partition coefficient (Wildman–Crippen LogP) is 5.04. The molecule has 0 radical (unpaired) electrons. The maximum absolute atomic E-state index is 14.0. The van der Waals surface area contributed by atoms with Crippen molar-refractivity contribution in [2.75, 3.05) is 6.54 Å². The molecule has 30 heavy (non-hydrogen) atoms. The van der Waals surface area contributed by atoms with Gasteiger partial charge < -0.3 is 0 Å². The van der Waals surface area contributed by atoms with Crippen LogP contribution in [0.4, 0.5) is 0 Å². The molecule has 158 valence electrons. The first-order chi connectivity index (χ1) is 14.6. The molecule has 6 nitrogen and oxygen atoms in total. The summed E-state index contributed by atoms with van der Waals surface area (Å²) in [6, 6.07) is 7.88. The average Bonchev–Trinajstić information content (AvgIpc) is 3.55. The standard InChI is InChI=1S/C22H26N4O2S2/c27-30(28,26-13-4-3-10-19(26)17-7-5-12-23-15-17)21-16-25(18-8-1-2-9-18)24-22(21)20-11-6-14-29-20/h5-7,11-12,14-16,18-19H,1-4,8-10,13H2. The summed E-state index contributed by atoms with van der Waals surface area (Å²) in [4.78, 5) is 5.47. The zero-order valence-corrected chi connectivity index (χ0v) is 18.5. The molecule has 3 aromatic rings. The van der Waals surface area contributed by atoms with E-state index in [4.69, 9.17) is 5.10 Å². The summed E-state index contributed by atoms with van der Waals surface area (Å²) >= 11 is 1.54. The van der Waals surface area contributed by atoms with E-state index in [1.54, 1.807) is 22.9 Å². The van der Waals surface area contributed by atoms with E-state index in [0.29, 0.717) is 23.2 Å². The molecule has 3 aromatic heterocycles. The molecule has 1 aliphatic heterocycles. The normalized spacial score (nSPS) is 21.3. The van der Waals surface area contributed by atoms with Gasteiger partial charge in [-0.1, -0.05) is 31.4 Å². The van der Waals surface area contributed by atoms with Gasteiger partial charge in [-0.15, -0.1) is 11.3 Å². The van der Waals surface area contributed by atoms with Crippen LogP contribution in [-0.2, 0) is 10.0 Å². The van der Waals surface area contributed by atoms with Crippen LogP contribution in [0.15, 0.2) is 53.1 Å². The fourth-order valence-electron chi connectivity index (χ4n) is 4.73. The number of rotatable bonds is 5. The lowest BCUT2D eigenvalue weighted by atomic mass is 9.99. The first kappa shape index (κ1) is 19.9. The Bertz CT molecular complexity index is 1090. The van der Waals surface area contributed by atoms with E-state index in [2.05, 4.69) is 4.98 Å². The minimum atomic E-state index is -3.70. The molecular formula is C22H26N4O2S2. The van der Waals surface area contributed by atoms with Crippen molar-refractivity contribution < 1.29 is 8.42 Å². The second-order valence-electron chi connectivity index (χ2n) is 8.15. The van der Waals surface area contributed by atoms with Gasteiger partial charge in [-0.25, -0.2) is 8.42 Å². The van der Waals surface area contributed by atoms with Gasteiger partial charge in [-0.2, -0.15) is 9.40 Å². The Morgan fingerprint density at radius 3 is 2.60 bits per heavy atom. The minimum Gasteiger partial charge on any atom is -0.268 e. The van der Waals surface area contributed by atoms with Gasteiger partial charge in [0.1, 0.15) is 10.6 Å². The summed E-state index contributed by atoms with van der Waals surface area (Å²) in [5.41, 5.74) is 1.55. The maximum atomic E-state index is 14.0. The Morgan fingerprint density at radius 2 is 1.87 bits per heavy atom. The van der Waals surface area contributed by atoms with Crippen LogP contribution in [0.1, 0.15) is 62.6 Å². The van der Waals surface area contributed by atoms with Crippen LogP contribution in [-0.4, -0.2) is 34.0 Å². The van der Waals surface area contributed by atoms with E-state index < -0.39 is 10.0 Å². The molecule has 1 unspecified atom stereocenters. The Kier molecular flexibility index (Phi) is 5.47. The molecule has 4 heterocycles. The number of hydrogen-bond donors (Lipinski definition) is 0. The number of thiophene rings is 1. The highest BCUT2D eigenvalue weighted by Gasteiger charge is 2.38. The van der Waals surface area contributed by atoms with E-state index in [9.17, 15) is 8.42 Å². The monoisotopic (exact) mass is 442 g/mol. The number of pyridine rings is 1. The molecule has 1 saturated carbocycles. The van der Waals surface area contributed by atoms with Crippen LogP contribution < -0.4 is 0 Å². The topological polar surface area (TPSA) is 68.1 Å². The molecule has 1 atom stereocenters. The Labute approximate surface area is 181 Å². The SMILES string of the molecule is O=S(=O)(c1cn(C2CCCC2)nc1-c1cccs1)N1CCCCC1c1cccnc1. The molecule has 2 aliphatic rings. The molecule has 8 heteroatoms. The van der Waals surface area contributed by atoms with Crippen molar-refractivity contribution in [2.24, 2.45) is 0 Å². The summed E-state index contributed by atoms with van der Waals surface area (Å²) in [5, 5.41) is 6.77. The fourth-order valence-corrected chi connectivity index (χ4v) is 7.34. The third kappa shape index (κ3) is 3.61. The van der Waals surface area contributed by atoms with E-state index in [1.807, 2.05) is 34.3 Å². The Balaban J connectivity index is 1.59. The molecule has 0 spiro atoms. The number of sulfonamides is 1. The molecule has 0 amide bonds. The Hall–Kier alpha value is -2.03. The van der Waals surface area contributed by atoms with E-state index >= 15 is 0 Å². The van der Waals surface area contributed by atoms with Crippen LogP contribution in [0.25, 0.3) is 10.6 Å². The summed E-state index contributed by atoms with van der Waals surface area (Å²) in [6.45, 7) is 0.528. The van der Waals surface area contributed by atoms with Gasteiger partial charge >= 0.3 is 0 Å². The van der Waals surface area contributed by atoms with Crippen molar-refractivity contribution in [3.05, 3.63) is 53.8 Å². The summed E-state index contributed by atoms with van der Waals surface area (Å²) in [5.74, 6) is 0.